The van der Waals surface area contributed by atoms with Gasteiger partial charge in [0.15, 0.2) is 0 Å². The highest BCUT2D eigenvalue weighted by Crippen LogP contribution is 2.23. The molecule has 0 saturated carbocycles. The second-order valence-electron chi connectivity index (χ2n) is 5.57. The lowest BCUT2D eigenvalue weighted by Gasteiger charge is -2.28. The van der Waals surface area contributed by atoms with Crippen molar-refractivity contribution in [3.05, 3.63) is 59.7 Å². The molecule has 4 nitrogen and oxygen atoms in total. The quantitative estimate of drug-likeness (QED) is 0.748. The molecule has 24 heavy (non-hydrogen) atoms. The zero-order valence-corrected chi connectivity index (χ0v) is 14.6. The van der Waals surface area contributed by atoms with Crippen LogP contribution >= 0.6 is 0 Å². The Kier molecular flexibility index (Phi) is 6.82. The maximum atomic E-state index is 9.96. The second kappa shape index (κ2) is 9.08. The summed E-state index contributed by atoms with van der Waals surface area (Å²) in [6, 6.07) is 15.8. The van der Waals surface area contributed by atoms with Gasteiger partial charge in [0.2, 0.25) is 0 Å². The largest absolute Gasteiger partial charge is 0.507 e. The molecule has 2 aromatic carbocycles. The number of aliphatic imine (C=N–C) groups is 1. The summed E-state index contributed by atoms with van der Waals surface area (Å²) in [6.07, 6.45) is 1.72. The lowest BCUT2D eigenvalue weighted by Crippen LogP contribution is -2.30. The predicted molar refractivity (Wildman–Crippen MR) is 99.2 cm³/mol. The molecule has 0 spiro atoms. The van der Waals surface area contributed by atoms with Crippen molar-refractivity contribution in [1.82, 2.24) is 4.90 Å². The molecule has 2 rings (SSSR count). The van der Waals surface area contributed by atoms with Crippen LogP contribution in [0.25, 0.3) is 0 Å². The molecule has 0 fully saturated rings. The molecule has 0 aliphatic rings. The highest BCUT2D eigenvalue weighted by atomic mass is 16.5. The van der Waals surface area contributed by atoms with Gasteiger partial charge in [-0.1, -0.05) is 44.2 Å². The van der Waals surface area contributed by atoms with Gasteiger partial charge in [-0.2, -0.15) is 0 Å². The van der Waals surface area contributed by atoms with Crippen LogP contribution in [0.2, 0.25) is 0 Å². The molecule has 0 amide bonds. The van der Waals surface area contributed by atoms with E-state index in [0.717, 1.165) is 13.1 Å². The summed E-state index contributed by atoms with van der Waals surface area (Å²) in [5.41, 5.74) is 1.92. The van der Waals surface area contributed by atoms with Crippen molar-refractivity contribution in [1.29, 1.82) is 0 Å². The van der Waals surface area contributed by atoms with Gasteiger partial charge in [0.05, 0.1) is 19.7 Å². The third-order valence-electron chi connectivity index (χ3n) is 4.18. The van der Waals surface area contributed by atoms with Crippen LogP contribution in [0.4, 0.5) is 0 Å². The molecule has 0 saturated heterocycles. The summed E-state index contributed by atoms with van der Waals surface area (Å²) in [4.78, 5) is 6.98. The summed E-state index contributed by atoms with van der Waals surface area (Å²) >= 11 is 0. The normalized spacial score (nSPS) is 12.7. The van der Waals surface area contributed by atoms with E-state index in [9.17, 15) is 5.11 Å². The zero-order valence-electron chi connectivity index (χ0n) is 14.6. The smallest absolute Gasteiger partial charge is 0.124 e. The van der Waals surface area contributed by atoms with E-state index >= 15 is 0 Å². The third kappa shape index (κ3) is 4.59. The van der Waals surface area contributed by atoms with E-state index in [1.807, 2.05) is 6.07 Å². The molecule has 0 aliphatic heterocycles. The average molecular weight is 326 g/mol. The molecule has 0 unspecified atom stereocenters. The van der Waals surface area contributed by atoms with Crippen molar-refractivity contribution >= 4 is 6.21 Å². The van der Waals surface area contributed by atoms with E-state index < -0.39 is 0 Å². The number of phenolic OH excluding ortho intramolecular Hbond substituents is 1. The Morgan fingerprint density at radius 1 is 1.12 bits per heavy atom. The zero-order chi connectivity index (χ0) is 17.4. The van der Waals surface area contributed by atoms with Gasteiger partial charge in [0.1, 0.15) is 11.5 Å². The first kappa shape index (κ1) is 18.0. The Balaban J connectivity index is 2.18. The van der Waals surface area contributed by atoms with E-state index in [-0.39, 0.29) is 11.8 Å². The monoisotopic (exact) mass is 326 g/mol. The first-order valence-corrected chi connectivity index (χ1v) is 8.35. The Labute approximate surface area is 144 Å². The topological polar surface area (TPSA) is 45.1 Å². The van der Waals surface area contributed by atoms with Crippen LogP contribution in [0.15, 0.2) is 53.5 Å². The molecular weight excluding hydrogens is 300 g/mol. The Morgan fingerprint density at radius 2 is 1.83 bits per heavy atom. The first-order valence-electron chi connectivity index (χ1n) is 8.35. The minimum atomic E-state index is 0.207. The predicted octanol–water partition coefficient (Wildman–Crippen LogP) is 3.90. The van der Waals surface area contributed by atoms with Crippen LogP contribution in [0.1, 0.15) is 31.0 Å². The van der Waals surface area contributed by atoms with E-state index in [4.69, 9.17) is 4.74 Å². The number of likely N-dealkylation sites (N-methyl/N-ethyl adjacent to an activating group) is 1. The SMILES string of the molecule is CCN(CC)[C@@H](CN=Cc1cc(OC)ccc1O)c1ccccc1. The van der Waals surface area contributed by atoms with Crippen molar-refractivity contribution in [3.8, 4) is 11.5 Å². The van der Waals surface area contributed by atoms with Gasteiger partial charge in [-0.15, -0.1) is 0 Å². The van der Waals surface area contributed by atoms with E-state index in [0.29, 0.717) is 17.9 Å². The molecule has 128 valence electrons. The molecular formula is C20H26N2O2. The van der Waals surface area contributed by atoms with Crippen LogP contribution in [0.5, 0.6) is 11.5 Å². The van der Waals surface area contributed by atoms with E-state index in [1.54, 1.807) is 31.5 Å². The lowest BCUT2D eigenvalue weighted by atomic mass is 10.1. The highest BCUT2D eigenvalue weighted by molar-refractivity contribution is 5.84. The summed E-state index contributed by atoms with van der Waals surface area (Å²) < 4.78 is 5.20. The van der Waals surface area contributed by atoms with Crippen LogP contribution in [-0.2, 0) is 0 Å². The van der Waals surface area contributed by atoms with Crippen molar-refractivity contribution in [2.75, 3.05) is 26.7 Å². The third-order valence-corrected chi connectivity index (χ3v) is 4.18. The number of nitrogens with zero attached hydrogens (tertiary/aromatic N) is 2. The molecule has 1 N–H and O–H groups in total. The Hall–Kier alpha value is -2.33. The van der Waals surface area contributed by atoms with Crippen LogP contribution in [0.3, 0.4) is 0 Å². The Morgan fingerprint density at radius 3 is 2.46 bits per heavy atom. The lowest BCUT2D eigenvalue weighted by molar-refractivity contribution is 0.224. The molecule has 0 aliphatic carbocycles. The number of hydrogen-bond acceptors (Lipinski definition) is 4. The molecule has 0 aromatic heterocycles. The maximum absolute atomic E-state index is 9.96. The fourth-order valence-corrected chi connectivity index (χ4v) is 2.79. The van der Waals surface area contributed by atoms with Gasteiger partial charge in [-0.05, 0) is 36.9 Å². The second-order valence-corrected chi connectivity index (χ2v) is 5.57. The van der Waals surface area contributed by atoms with Crippen molar-refractivity contribution < 1.29 is 9.84 Å². The van der Waals surface area contributed by atoms with Gasteiger partial charge in [0, 0.05) is 11.8 Å². The van der Waals surface area contributed by atoms with Gasteiger partial charge < -0.3 is 9.84 Å². The van der Waals surface area contributed by atoms with Crippen molar-refractivity contribution in [2.45, 2.75) is 19.9 Å². The summed E-state index contributed by atoms with van der Waals surface area (Å²) in [5.74, 6) is 0.913. The molecule has 0 radical (unpaired) electrons. The molecule has 1 atom stereocenters. The maximum Gasteiger partial charge on any atom is 0.124 e. The number of methoxy groups -OCH3 is 1. The number of rotatable bonds is 8. The fourth-order valence-electron chi connectivity index (χ4n) is 2.79. The van der Waals surface area contributed by atoms with Crippen molar-refractivity contribution in [3.63, 3.8) is 0 Å². The Bertz CT molecular complexity index is 652. The molecule has 0 heterocycles. The number of aromatic hydroxyl groups is 1. The van der Waals surface area contributed by atoms with Gasteiger partial charge in [-0.25, -0.2) is 0 Å². The van der Waals surface area contributed by atoms with Gasteiger partial charge >= 0.3 is 0 Å². The number of ether oxygens (including phenoxy) is 1. The summed E-state index contributed by atoms with van der Waals surface area (Å²) in [5, 5.41) is 9.96. The summed E-state index contributed by atoms with van der Waals surface area (Å²) in [7, 11) is 1.61. The van der Waals surface area contributed by atoms with Gasteiger partial charge in [-0.3, -0.25) is 9.89 Å². The number of benzene rings is 2. The first-order chi connectivity index (χ1) is 11.7. The van der Waals surface area contributed by atoms with E-state index in [2.05, 4.69) is 48.0 Å². The highest BCUT2D eigenvalue weighted by Gasteiger charge is 2.16. The van der Waals surface area contributed by atoms with E-state index in [1.165, 1.54) is 5.56 Å². The minimum Gasteiger partial charge on any atom is -0.507 e. The minimum absolute atomic E-state index is 0.207. The molecule has 4 heteroatoms. The van der Waals surface area contributed by atoms with Gasteiger partial charge in [0.25, 0.3) is 0 Å². The standard InChI is InChI=1S/C20H26N2O2/c1-4-22(5-2)19(16-9-7-6-8-10-16)15-21-14-17-13-18(24-3)11-12-20(17)23/h6-14,19,23H,4-5,15H2,1-3H3/t19-/m0/s1. The summed E-state index contributed by atoms with van der Waals surface area (Å²) in [6.45, 7) is 6.91. The molecule has 0 bridgehead atoms. The number of hydrogen-bond donors (Lipinski definition) is 1. The fraction of sp³-hybridized carbons (Fsp3) is 0.350. The molecule has 2 aromatic rings. The van der Waals surface area contributed by atoms with Crippen LogP contribution in [-0.4, -0.2) is 43.0 Å². The van der Waals surface area contributed by atoms with Crippen molar-refractivity contribution in [2.24, 2.45) is 4.99 Å². The number of phenols is 1. The van der Waals surface area contributed by atoms with Crippen LogP contribution in [0, 0.1) is 0 Å². The van der Waals surface area contributed by atoms with Crippen LogP contribution < -0.4 is 4.74 Å². The average Bonchev–Trinajstić information content (AvgIpc) is 2.63.